The van der Waals surface area contributed by atoms with E-state index in [1.807, 2.05) is 0 Å². The largest absolute Gasteiger partial charge is 0.481 e. The smallest absolute Gasteiger partial charge is 0.304 e. The number of carboxylic acid groups (broad SMARTS) is 1. The van der Waals surface area contributed by atoms with Gasteiger partial charge in [0.2, 0.25) is 0 Å². The minimum atomic E-state index is -0.739. The summed E-state index contributed by atoms with van der Waals surface area (Å²) in [6.45, 7) is 5.58. The maximum absolute atomic E-state index is 10.6. The zero-order valence-electron chi connectivity index (χ0n) is 9.44. The minimum absolute atomic E-state index is 0.198. The molecule has 1 aromatic rings. The first kappa shape index (κ1) is 13.7. The molecule has 0 saturated heterocycles. The Labute approximate surface area is 108 Å². The molecule has 1 heterocycles. The van der Waals surface area contributed by atoms with Crippen LogP contribution in [0.1, 0.15) is 25.8 Å². The molecule has 0 aliphatic heterocycles. The zero-order chi connectivity index (χ0) is 12.1. The quantitative estimate of drug-likeness (QED) is 0.877. The van der Waals surface area contributed by atoms with E-state index in [4.69, 9.17) is 5.11 Å². The fourth-order valence-electron chi connectivity index (χ4n) is 1.42. The van der Waals surface area contributed by atoms with Crippen LogP contribution in [0.25, 0.3) is 0 Å². The summed E-state index contributed by atoms with van der Waals surface area (Å²) in [7, 11) is 0. The second kappa shape index (κ2) is 6.37. The van der Waals surface area contributed by atoms with Crippen molar-refractivity contribution in [2.24, 2.45) is 0 Å². The van der Waals surface area contributed by atoms with E-state index in [0.717, 1.165) is 10.3 Å². The Morgan fingerprint density at radius 1 is 1.62 bits per heavy atom. The summed E-state index contributed by atoms with van der Waals surface area (Å²) in [4.78, 5) is 12.7. The normalized spacial score (nSPS) is 11.3. The number of carboxylic acids is 1. The molecule has 0 saturated carbocycles. The van der Waals surface area contributed by atoms with Gasteiger partial charge in [-0.3, -0.25) is 9.69 Å². The van der Waals surface area contributed by atoms with Crippen molar-refractivity contribution >= 4 is 33.2 Å². The molecular formula is C11H16BrNO2S. The van der Waals surface area contributed by atoms with Crippen molar-refractivity contribution in [1.82, 2.24) is 4.90 Å². The van der Waals surface area contributed by atoms with Gasteiger partial charge in [-0.15, -0.1) is 11.3 Å². The number of carbonyl (C=O) groups is 1. The number of halogens is 1. The summed E-state index contributed by atoms with van der Waals surface area (Å²) in [6, 6.07) is 2.44. The second-order valence-electron chi connectivity index (χ2n) is 3.97. The molecule has 0 atom stereocenters. The molecule has 0 bridgehead atoms. The monoisotopic (exact) mass is 305 g/mol. The lowest BCUT2D eigenvalue weighted by atomic mass is 10.2. The van der Waals surface area contributed by atoms with E-state index in [2.05, 4.69) is 46.1 Å². The topological polar surface area (TPSA) is 40.5 Å². The molecule has 3 nitrogen and oxygen atoms in total. The van der Waals surface area contributed by atoms with Gasteiger partial charge in [0, 0.05) is 19.1 Å². The average Bonchev–Trinajstić information content (AvgIpc) is 2.57. The molecule has 0 unspecified atom stereocenters. The molecule has 90 valence electrons. The van der Waals surface area contributed by atoms with E-state index in [0.29, 0.717) is 12.6 Å². The summed E-state index contributed by atoms with van der Waals surface area (Å²) in [6.07, 6.45) is 0.198. The summed E-state index contributed by atoms with van der Waals surface area (Å²) in [5, 5.41) is 10.8. The van der Waals surface area contributed by atoms with E-state index in [-0.39, 0.29) is 6.42 Å². The highest BCUT2D eigenvalue weighted by molar-refractivity contribution is 9.11. The molecule has 16 heavy (non-hydrogen) atoms. The second-order valence-corrected chi connectivity index (χ2v) is 6.26. The SMILES string of the molecule is CC(C)N(CCC(=O)O)Cc1csc(Br)c1. The highest BCUT2D eigenvalue weighted by Gasteiger charge is 2.12. The van der Waals surface area contributed by atoms with Gasteiger partial charge in [0.25, 0.3) is 0 Å². The Hall–Kier alpha value is -0.390. The van der Waals surface area contributed by atoms with Crippen LogP contribution in [0.15, 0.2) is 15.2 Å². The molecule has 1 rings (SSSR count). The van der Waals surface area contributed by atoms with Crippen molar-refractivity contribution in [3.63, 3.8) is 0 Å². The Morgan fingerprint density at radius 2 is 2.31 bits per heavy atom. The standard InChI is InChI=1S/C11H16BrNO2S/c1-8(2)13(4-3-11(14)15)6-9-5-10(12)16-7-9/h5,7-8H,3-4,6H2,1-2H3,(H,14,15). The number of aliphatic carboxylic acids is 1. The van der Waals surface area contributed by atoms with E-state index >= 15 is 0 Å². The van der Waals surface area contributed by atoms with Crippen LogP contribution in [0, 0.1) is 0 Å². The lowest BCUT2D eigenvalue weighted by molar-refractivity contribution is -0.137. The Kier molecular flexibility index (Phi) is 5.44. The maximum Gasteiger partial charge on any atom is 0.304 e. The third-order valence-corrected chi connectivity index (χ3v) is 3.90. The summed E-state index contributed by atoms with van der Waals surface area (Å²) >= 11 is 5.08. The lowest BCUT2D eigenvalue weighted by Gasteiger charge is -2.25. The predicted molar refractivity (Wildman–Crippen MR) is 69.8 cm³/mol. The van der Waals surface area contributed by atoms with Crippen LogP contribution in [0.3, 0.4) is 0 Å². The number of thiophene rings is 1. The van der Waals surface area contributed by atoms with Crippen molar-refractivity contribution in [3.05, 3.63) is 20.8 Å². The summed E-state index contributed by atoms with van der Waals surface area (Å²) in [5.74, 6) is -0.739. The Morgan fingerprint density at radius 3 is 2.75 bits per heavy atom. The van der Waals surface area contributed by atoms with Gasteiger partial charge in [-0.05, 0) is 46.8 Å². The van der Waals surface area contributed by atoms with Crippen molar-refractivity contribution in [2.45, 2.75) is 32.9 Å². The third-order valence-electron chi connectivity index (χ3n) is 2.35. The molecule has 0 aromatic carbocycles. The van der Waals surface area contributed by atoms with Gasteiger partial charge < -0.3 is 5.11 Å². The van der Waals surface area contributed by atoms with Crippen molar-refractivity contribution < 1.29 is 9.90 Å². The van der Waals surface area contributed by atoms with Crippen molar-refractivity contribution in [1.29, 1.82) is 0 Å². The van der Waals surface area contributed by atoms with Crippen molar-refractivity contribution in [2.75, 3.05) is 6.54 Å². The van der Waals surface area contributed by atoms with Crippen LogP contribution in [0.5, 0.6) is 0 Å². The fraction of sp³-hybridized carbons (Fsp3) is 0.545. The Balaban J connectivity index is 2.54. The van der Waals surface area contributed by atoms with Crippen LogP contribution < -0.4 is 0 Å². The zero-order valence-corrected chi connectivity index (χ0v) is 11.8. The number of hydrogen-bond acceptors (Lipinski definition) is 3. The first-order valence-corrected chi connectivity index (χ1v) is 6.85. The van der Waals surface area contributed by atoms with Crippen LogP contribution in [-0.2, 0) is 11.3 Å². The molecule has 5 heteroatoms. The molecule has 1 aromatic heterocycles. The molecule has 0 fully saturated rings. The molecule has 1 N–H and O–H groups in total. The molecule has 0 amide bonds. The van der Waals surface area contributed by atoms with Crippen LogP contribution in [-0.4, -0.2) is 28.6 Å². The maximum atomic E-state index is 10.6. The van der Waals surface area contributed by atoms with E-state index < -0.39 is 5.97 Å². The van der Waals surface area contributed by atoms with Gasteiger partial charge in [0.15, 0.2) is 0 Å². The van der Waals surface area contributed by atoms with Gasteiger partial charge in [0.1, 0.15) is 0 Å². The summed E-state index contributed by atoms with van der Waals surface area (Å²) < 4.78 is 1.12. The number of rotatable bonds is 6. The fourth-order valence-corrected chi connectivity index (χ4v) is 2.62. The van der Waals surface area contributed by atoms with Crippen LogP contribution in [0.4, 0.5) is 0 Å². The molecule has 0 aliphatic carbocycles. The van der Waals surface area contributed by atoms with Gasteiger partial charge in [-0.25, -0.2) is 0 Å². The first-order valence-electron chi connectivity index (χ1n) is 5.18. The Bertz CT molecular complexity index is 352. The van der Waals surface area contributed by atoms with Gasteiger partial charge in [0.05, 0.1) is 10.2 Å². The van der Waals surface area contributed by atoms with Crippen LogP contribution >= 0.6 is 27.3 Å². The van der Waals surface area contributed by atoms with E-state index in [9.17, 15) is 4.79 Å². The number of hydrogen-bond donors (Lipinski definition) is 1. The van der Waals surface area contributed by atoms with Gasteiger partial charge in [-0.2, -0.15) is 0 Å². The first-order chi connectivity index (χ1) is 7.49. The predicted octanol–water partition coefficient (Wildman–Crippen LogP) is 3.20. The number of nitrogens with zero attached hydrogens (tertiary/aromatic N) is 1. The molecular weight excluding hydrogens is 290 g/mol. The van der Waals surface area contributed by atoms with Crippen molar-refractivity contribution in [3.8, 4) is 0 Å². The van der Waals surface area contributed by atoms with Gasteiger partial charge in [-0.1, -0.05) is 0 Å². The summed E-state index contributed by atoms with van der Waals surface area (Å²) in [5.41, 5.74) is 1.23. The third kappa shape index (κ3) is 4.63. The molecule has 0 radical (unpaired) electrons. The average molecular weight is 306 g/mol. The van der Waals surface area contributed by atoms with Crippen LogP contribution in [0.2, 0.25) is 0 Å². The highest BCUT2D eigenvalue weighted by atomic mass is 79.9. The molecule has 0 spiro atoms. The minimum Gasteiger partial charge on any atom is -0.481 e. The highest BCUT2D eigenvalue weighted by Crippen LogP contribution is 2.22. The van der Waals surface area contributed by atoms with E-state index in [1.54, 1.807) is 11.3 Å². The van der Waals surface area contributed by atoms with Gasteiger partial charge >= 0.3 is 5.97 Å². The molecule has 0 aliphatic rings. The van der Waals surface area contributed by atoms with E-state index in [1.165, 1.54) is 5.56 Å². The lowest BCUT2D eigenvalue weighted by Crippen LogP contribution is -2.32.